The van der Waals surface area contributed by atoms with Crippen molar-refractivity contribution in [1.29, 1.82) is 0 Å². The molecule has 7 heteroatoms. The van der Waals surface area contributed by atoms with Gasteiger partial charge in [0.15, 0.2) is 0 Å². The highest BCUT2D eigenvalue weighted by molar-refractivity contribution is 7.89. The van der Waals surface area contributed by atoms with Crippen LogP contribution in [-0.2, 0) is 16.6 Å². The standard InChI is InChI=1S/C13H17N3O2S2/c1-2-6-14-13-4-3-12(9-15-13)20(17,18)16-8-11-5-7-19-10-11/h3-5,7,9-10,16H,2,6,8H2,1H3,(H,14,15). The van der Waals surface area contributed by atoms with Crippen molar-refractivity contribution in [1.82, 2.24) is 9.71 Å². The van der Waals surface area contributed by atoms with Gasteiger partial charge >= 0.3 is 0 Å². The summed E-state index contributed by atoms with van der Waals surface area (Å²) in [6, 6.07) is 5.12. The fraction of sp³-hybridized carbons (Fsp3) is 0.308. The number of pyridine rings is 1. The number of nitrogens with one attached hydrogen (secondary N) is 2. The molecule has 0 radical (unpaired) electrons. The van der Waals surface area contributed by atoms with E-state index in [9.17, 15) is 8.42 Å². The van der Waals surface area contributed by atoms with Gasteiger partial charge in [-0.2, -0.15) is 11.3 Å². The Bertz CT molecular complexity index is 622. The van der Waals surface area contributed by atoms with E-state index in [1.165, 1.54) is 6.20 Å². The van der Waals surface area contributed by atoms with Gasteiger partial charge in [0, 0.05) is 19.3 Å². The van der Waals surface area contributed by atoms with Crippen LogP contribution in [0.15, 0.2) is 40.1 Å². The molecule has 0 unspecified atom stereocenters. The average molecular weight is 311 g/mol. The zero-order chi connectivity index (χ0) is 14.4. The number of aromatic nitrogens is 1. The number of thiophene rings is 1. The maximum Gasteiger partial charge on any atom is 0.242 e. The molecule has 0 amide bonds. The van der Waals surface area contributed by atoms with Crippen LogP contribution in [0.2, 0.25) is 0 Å². The van der Waals surface area contributed by atoms with Crippen LogP contribution in [0.3, 0.4) is 0 Å². The molecule has 0 fully saturated rings. The lowest BCUT2D eigenvalue weighted by Gasteiger charge is -2.07. The molecule has 5 nitrogen and oxygen atoms in total. The normalized spacial score (nSPS) is 11.4. The first kappa shape index (κ1) is 15.0. The molecule has 2 heterocycles. The van der Waals surface area contributed by atoms with Crippen molar-refractivity contribution in [2.75, 3.05) is 11.9 Å². The molecule has 0 aliphatic carbocycles. The number of hydrogen-bond acceptors (Lipinski definition) is 5. The van der Waals surface area contributed by atoms with E-state index in [1.54, 1.807) is 23.5 Å². The molecule has 2 N–H and O–H groups in total. The van der Waals surface area contributed by atoms with Crippen molar-refractivity contribution in [2.45, 2.75) is 24.8 Å². The second-order valence-corrected chi connectivity index (χ2v) is 6.81. The van der Waals surface area contributed by atoms with Crippen molar-refractivity contribution in [3.8, 4) is 0 Å². The molecule has 0 bridgehead atoms. The predicted octanol–water partition coefficient (Wildman–Crippen LogP) is 2.44. The average Bonchev–Trinajstić information content (AvgIpc) is 2.97. The lowest BCUT2D eigenvalue weighted by Crippen LogP contribution is -2.23. The highest BCUT2D eigenvalue weighted by Gasteiger charge is 2.14. The molecule has 20 heavy (non-hydrogen) atoms. The molecule has 0 aliphatic heterocycles. The molecular weight excluding hydrogens is 294 g/mol. The number of rotatable bonds is 7. The monoisotopic (exact) mass is 311 g/mol. The molecule has 0 aliphatic rings. The summed E-state index contributed by atoms with van der Waals surface area (Å²) in [6.45, 7) is 3.16. The van der Waals surface area contributed by atoms with Crippen LogP contribution in [-0.4, -0.2) is 19.9 Å². The third-order valence-corrected chi connectivity index (χ3v) is 4.77. The zero-order valence-electron chi connectivity index (χ0n) is 11.2. The van der Waals surface area contributed by atoms with Crippen LogP contribution in [0.5, 0.6) is 0 Å². The molecule has 2 aromatic heterocycles. The van der Waals surface area contributed by atoms with E-state index in [1.807, 2.05) is 16.8 Å². The molecule has 0 saturated carbocycles. The third kappa shape index (κ3) is 4.03. The summed E-state index contributed by atoms with van der Waals surface area (Å²) in [7, 11) is -3.51. The van der Waals surface area contributed by atoms with E-state index in [0.29, 0.717) is 12.4 Å². The zero-order valence-corrected chi connectivity index (χ0v) is 12.8. The fourth-order valence-electron chi connectivity index (χ4n) is 1.55. The Morgan fingerprint density at radius 2 is 2.15 bits per heavy atom. The summed E-state index contributed by atoms with van der Waals surface area (Å²) < 4.78 is 26.7. The lowest BCUT2D eigenvalue weighted by atomic mass is 10.4. The highest BCUT2D eigenvalue weighted by Crippen LogP contribution is 2.12. The Hall–Kier alpha value is -1.44. The van der Waals surface area contributed by atoms with Gasteiger partial charge in [-0.3, -0.25) is 0 Å². The van der Waals surface area contributed by atoms with Crippen LogP contribution in [0.1, 0.15) is 18.9 Å². The van der Waals surface area contributed by atoms with Crippen LogP contribution >= 0.6 is 11.3 Å². The first-order valence-electron chi connectivity index (χ1n) is 6.32. The van der Waals surface area contributed by atoms with Crippen LogP contribution in [0.4, 0.5) is 5.82 Å². The van der Waals surface area contributed by atoms with E-state index in [4.69, 9.17) is 0 Å². The summed E-state index contributed by atoms with van der Waals surface area (Å²) in [5.74, 6) is 0.684. The van der Waals surface area contributed by atoms with Crippen LogP contribution in [0, 0.1) is 0 Å². The van der Waals surface area contributed by atoms with Gasteiger partial charge in [-0.25, -0.2) is 18.1 Å². The summed E-state index contributed by atoms with van der Waals surface area (Å²) in [6.07, 6.45) is 2.36. The van der Waals surface area contributed by atoms with Crippen molar-refractivity contribution in [3.05, 3.63) is 40.7 Å². The first-order chi connectivity index (χ1) is 9.62. The van der Waals surface area contributed by atoms with Gasteiger partial charge in [0.1, 0.15) is 10.7 Å². The van der Waals surface area contributed by atoms with Gasteiger partial charge in [-0.1, -0.05) is 6.92 Å². The Kier molecular flexibility index (Phi) is 5.11. The van der Waals surface area contributed by atoms with E-state index < -0.39 is 10.0 Å². The van der Waals surface area contributed by atoms with Crippen molar-refractivity contribution in [2.24, 2.45) is 0 Å². The Balaban J connectivity index is 2.01. The summed E-state index contributed by atoms with van der Waals surface area (Å²) in [4.78, 5) is 4.27. The maximum atomic E-state index is 12.1. The third-order valence-electron chi connectivity index (χ3n) is 2.65. The maximum absolute atomic E-state index is 12.1. The highest BCUT2D eigenvalue weighted by atomic mass is 32.2. The Morgan fingerprint density at radius 1 is 1.30 bits per heavy atom. The predicted molar refractivity (Wildman–Crippen MR) is 81.4 cm³/mol. The Labute approximate surface area is 123 Å². The minimum absolute atomic E-state index is 0.176. The smallest absolute Gasteiger partial charge is 0.242 e. The van der Waals surface area contributed by atoms with Crippen molar-refractivity contribution >= 4 is 27.2 Å². The van der Waals surface area contributed by atoms with Gasteiger partial charge in [0.25, 0.3) is 0 Å². The molecule has 0 saturated heterocycles. The van der Waals surface area contributed by atoms with E-state index in [2.05, 4.69) is 21.9 Å². The molecule has 0 aromatic carbocycles. The van der Waals surface area contributed by atoms with Crippen LogP contribution < -0.4 is 10.0 Å². The summed E-state index contributed by atoms with van der Waals surface area (Å²) in [5.41, 5.74) is 0.952. The van der Waals surface area contributed by atoms with Crippen molar-refractivity contribution < 1.29 is 8.42 Å². The van der Waals surface area contributed by atoms with Gasteiger partial charge in [0.2, 0.25) is 10.0 Å². The Morgan fingerprint density at radius 3 is 2.75 bits per heavy atom. The van der Waals surface area contributed by atoms with Crippen molar-refractivity contribution in [3.63, 3.8) is 0 Å². The molecular formula is C13H17N3O2S2. The molecule has 2 rings (SSSR count). The topological polar surface area (TPSA) is 71.1 Å². The van der Waals surface area contributed by atoms with E-state index in [0.717, 1.165) is 18.5 Å². The second-order valence-electron chi connectivity index (χ2n) is 4.26. The molecule has 108 valence electrons. The molecule has 0 atom stereocenters. The second kappa shape index (κ2) is 6.83. The molecule has 0 spiro atoms. The summed E-state index contributed by atoms with van der Waals surface area (Å²) >= 11 is 1.54. The van der Waals surface area contributed by atoms with E-state index >= 15 is 0 Å². The first-order valence-corrected chi connectivity index (χ1v) is 8.75. The van der Waals surface area contributed by atoms with Gasteiger partial charge in [0.05, 0.1) is 0 Å². The number of sulfonamides is 1. The SMILES string of the molecule is CCCNc1ccc(S(=O)(=O)NCc2ccsc2)cn1. The van der Waals surface area contributed by atoms with Gasteiger partial charge in [-0.05, 0) is 40.9 Å². The quantitative estimate of drug-likeness (QED) is 0.824. The minimum Gasteiger partial charge on any atom is -0.370 e. The minimum atomic E-state index is -3.51. The van der Waals surface area contributed by atoms with E-state index in [-0.39, 0.29) is 4.90 Å². The number of nitrogens with zero attached hydrogens (tertiary/aromatic N) is 1. The largest absolute Gasteiger partial charge is 0.370 e. The van der Waals surface area contributed by atoms with Crippen LogP contribution in [0.25, 0.3) is 0 Å². The lowest BCUT2D eigenvalue weighted by molar-refractivity contribution is 0.581. The fourth-order valence-corrected chi connectivity index (χ4v) is 3.18. The number of anilines is 1. The van der Waals surface area contributed by atoms with Gasteiger partial charge in [-0.15, -0.1) is 0 Å². The number of hydrogen-bond donors (Lipinski definition) is 2. The summed E-state index contributed by atoms with van der Waals surface area (Å²) in [5, 5.41) is 6.93. The molecule has 2 aromatic rings. The van der Waals surface area contributed by atoms with Gasteiger partial charge < -0.3 is 5.32 Å².